The van der Waals surface area contributed by atoms with Crippen molar-refractivity contribution in [1.29, 1.82) is 5.26 Å². The number of likely N-dealkylation sites (N-methyl/N-ethyl adjacent to an activating group) is 1. The first-order valence-corrected chi connectivity index (χ1v) is 6.93. The van der Waals surface area contributed by atoms with Gasteiger partial charge in [-0.25, -0.2) is 0 Å². The molecule has 0 amide bonds. The minimum absolute atomic E-state index is 0.00773. The SMILES string of the molecule is CCC(N)C(c1ccncc1)N(CC)CC(C)C#N. The Morgan fingerprint density at radius 1 is 1.37 bits per heavy atom. The lowest BCUT2D eigenvalue weighted by atomic mass is 9.96. The van der Waals surface area contributed by atoms with Gasteiger partial charge in [-0.3, -0.25) is 9.88 Å². The Bertz CT molecular complexity index is 398. The first-order valence-electron chi connectivity index (χ1n) is 6.93. The van der Waals surface area contributed by atoms with Crippen molar-refractivity contribution in [2.45, 2.75) is 39.3 Å². The van der Waals surface area contributed by atoms with Crippen LogP contribution in [0, 0.1) is 17.2 Å². The highest BCUT2D eigenvalue weighted by molar-refractivity contribution is 5.17. The van der Waals surface area contributed by atoms with Crippen molar-refractivity contribution < 1.29 is 0 Å². The van der Waals surface area contributed by atoms with Crippen LogP contribution in [0.1, 0.15) is 38.8 Å². The van der Waals surface area contributed by atoms with Gasteiger partial charge in [0, 0.05) is 25.0 Å². The van der Waals surface area contributed by atoms with Gasteiger partial charge in [-0.1, -0.05) is 13.8 Å². The van der Waals surface area contributed by atoms with E-state index >= 15 is 0 Å². The Hall–Kier alpha value is -1.44. The second-order valence-corrected chi connectivity index (χ2v) is 4.92. The largest absolute Gasteiger partial charge is 0.326 e. The predicted molar refractivity (Wildman–Crippen MR) is 77.3 cm³/mol. The van der Waals surface area contributed by atoms with Gasteiger partial charge in [0.2, 0.25) is 0 Å². The molecule has 0 radical (unpaired) electrons. The summed E-state index contributed by atoms with van der Waals surface area (Å²) in [5.41, 5.74) is 7.48. The summed E-state index contributed by atoms with van der Waals surface area (Å²) < 4.78 is 0. The van der Waals surface area contributed by atoms with Gasteiger partial charge in [-0.15, -0.1) is 0 Å². The van der Waals surface area contributed by atoms with Crippen molar-refractivity contribution in [3.8, 4) is 6.07 Å². The zero-order valence-corrected chi connectivity index (χ0v) is 12.1. The molecule has 0 saturated heterocycles. The number of hydrogen-bond acceptors (Lipinski definition) is 4. The second kappa shape index (κ2) is 7.88. The lowest BCUT2D eigenvalue weighted by Crippen LogP contribution is -2.42. The maximum absolute atomic E-state index is 9.01. The number of pyridine rings is 1. The average Bonchev–Trinajstić information content (AvgIpc) is 2.46. The van der Waals surface area contributed by atoms with Crippen molar-refractivity contribution in [1.82, 2.24) is 9.88 Å². The molecule has 0 saturated carbocycles. The van der Waals surface area contributed by atoms with Crippen LogP contribution in [0.25, 0.3) is 0 Å². The number of hydrogen-bond donors (Lipinski definition) is 1. The van der Waals surface area contributed by atoms with Crippen LogP contribution in [0.3, 0.4) is 0 Å². The van der Waals surface area contributed by atoms with E-state index in [0.717, 1.165) is 19.5 Å². The number of rotatable bonds is 7. The molecule has 19 heavy (non-hydrogen) atoms. The summed E-state index contributed by atoms with van der Waals surface area (Å²) in [6, 6.07) is 6.54. The highest BCUT2D eigenvalue weighted by Crippen LogP contribution is 2.25. The van der Waals surface area contributed by atoms with Crippen molar-refractivity contribution in [3.05, 3.63) is 30.1 Å². The van der Waals surface area contributed by atoms with E-state index < -0.39 is 0 Å². The lowest BCUT2D eigenvalue weighted by Gasteiger charge is -2.35. The molecule has 1 aromatic heterocycles. The first-order chi connectivity index (χ1) is 9.13. The fraction of sp³-hybridized carbons (Fsp3) is 0.600. The minimum atomic E-state index is 0.00773. The summed E-state index contributed by atoms with van der Waals surface area (Å²) in [6.07, 6.45) is 4.50. The molecule has 0 fully saturated rings. The third-order valence-electron chi connectivity index (χ3n) is 3.45. The van der Waals surface area contributed by atoms with Gasteiger partial charge in [0.05, 0.1) is 18.0 Å². The zero-order chi connectivity index (χ0) is 14.3. The first kappa shape index (κ1) is 15.6. The van der Waals surface area contributed by atoms with Crippen molar-refractivity contribution >= 4 is 0 Å². The smallest absolute Gasteiger partial charge is 0.0666 e. The molecule has 104 valence electrons. The summed E-state index contributed by atoms with van der Waals surface area (Å²) in [5, 5.41) is 9.01. The topological polar surface area (TPSA) is 65.9 Å². The number of nitrogens with two attached hydrogens (primary N) is 1. The summed E-state index contributed by atoms with van der Waals surface area (Å²) in [5.74, 6) is 0.00773. The molecule has 0 spiro atoms. The molecule has 0 aliphatic rings. The van der Waals surface area contributed by atoms with E-state index in [9.17, 15) is 0 Å². The monoisotopic (exact) mass is 260 g/mol. The predicted octanol–water partition coefficient (Wildman–Crippen LogP) is 2.34. The third-order valence-corrected chi connectivity index (χ3v) is 3.45. The molecular weight excluding hydrogens is 236 g/mol. The van der Waals surface area contributed by atoms with Crippen LogP contribution in [0.15, 0.2) is 24.5 Å². The van der Waals surface area contributed by atoms with Gasteiger partial charge in [0.25, 0.3) is 0 Å². The Morgan fingerprint density at radius 3 is 2.47 bits per heavy atom. The molecule has 0 bridgehead atoms. The second-order valence-electron chi connectivity index (χ2n) is 4.92. The molecule has 4 heteroatoms. The van der Waals surface area contributed by atoms with Crippen molar-refractivity contribution in [2.75, 3.05) is 13.1 Å². The summed E-state index contributed by atoms with van der Waals surface area (Å²) >= 11 is 0. The van der Waals surface area contributed by atoms with E-state index in [0.29, 0.717) is 0 Å². The van der Waals surface area contributed by atoms with Crippen LogP contribution in [0.4, 0.5) is 0 Å². The van der Waals surface area contributed by atoms with Crippen molar-refractivity contribution in [2.24, 2.45) is 11.7 Å². The van der Waals surface area contributed by atoms with E-state index in [2.05, 4.69) is 29.8 Å². The number of aromatic nitrogens is 1. The minimum Gasteiger partial charge on any atom is -0.326 e. The fourth-order valence-electron chi connectivity index (χ4n) is 2.34. The normalized spacial score (nSPS) is 15.8. The van der Waals surface area contributed by atoms with E-state index in [1.165, 1.54) is 5.56 Å². The molecule has 4 nitrogen and oxygen atoms in total. The Kier molecular flexibility index (Phi) is 6.48. The molecular formula is C15H24N4. The molecule has 0 aliphatic heterocycles. The van der Waals surface area contributed by atoms with Crippen LogP contribution in [-0.4, -0.2) is 29.0 Å². The molecule has 1 aromatic rings. The van der Waals surface area contributed by atoms with Crippen LogP contribution in [0.2, 0.25) is 0 Å². The molecule has 2 N–H and O–H groups in total. The van der Waals surface area contributed by atoms with Gasteiger partial charge in [0.15, 0.2) is 0 Å². The molecule has 1 heterocycles. The van der Waals surface area contributed by atoms with Crippen LogP contribution >= 0.6 is 0 Å². The number of nitrogens with zero attached hydrogens (tertiary/aromatic N) is 3. The van der Waals surface area contributed by atoms with Gasteiger partial charge >= 0.3 is 0 Å². The molecule has 3 atom stereocenters. The summed E-state index contributed by atoms with van der Waals surface area (Å²) in [7, 11) is 0. The third kappa shape index (κ3) is 4.30. The highest BCUT2D eigenvalue weighted by atomic mass is 15.2. The van der Waals surface area contributed by atoms with E-state index in [4.69, 9.17) is 11.0 Å². The lowest BCUT2D eigenvalue weighted by molar-refractivity contribution is 0.166. The van der Waals surface area contributed by atoms with E-state index in [-0.39, 0.29) is 18.0 Å². The van der Waals surface area contributed by atoms with Crippen LogP contribution < -0.4 is 5.73 Å². The maximum Gasteiger partial charge on any atom is 0.0666 e. The summed E-state index contributed by atoms with van der Waals surface area (Å²) in [6.45, 7) is 7.78. The van der Waals surface area contributed by atoms with Crippen molar-refractivity contribution in [3.63, 3.8) is 0 Å². The van der Waals surface area contributed by atoms with Crippen LogP contribution in [0.5, 0.6) is 0 Å². The quantitative estimate of drug-likeness (QED) is 0.817. The number of nitriles is 1. The maximum atomic E-state index is 9.01. The van der Waals surface area contributed by atoms with Crippen LogP contribution in [-0.2, 0) is 0 Å². The van der Waals surface area contributed by atoms with E-state index in [1.807, 2.05) is 19.1 Å². The Morgan fingerprint density at radius 2 is 2.00 bits per heavy atom. The zero-order valence-electron chi connectivity index (χ0n) is 12.1. The van der Waals surface area contributed by atoms with Gasteiger partial charge in [-0.2, -0.15) is 5.26 Å². The average molecular weight is 260 g/mol. The molecule has 0 aromatic carbocycles. The van der Waals surface area contributed by atoms with Gasteiger partial charge in [-0.05, 0) is 37.6 Å². The Labute approximate surface area is 116 Å². The molecule has 1 rings (SSSR count). The molecule has 3 unspecified atom stereocenters. The standard InChI is InChI=1S/C15H24N4/c1-4-14(17)15(13-6-8-18-9-7-13)19(5-2)11-12(3)10-16/h6-9,12,14-15H,4-5,11,17H2,1-3H3. The van der Waals surface area contributed by atoms with E-state index in [1.54, 1.807) is 12.4 Å². The fourth-order valence-corrected chi connectivity index (χ4v) is 2.34. The van der Waals surface area contributed by atoms with Gasteiger partial charge < -0.3 is 5.73 Å². The van der Waals surface area contributed by atoms with Gasteiger partial charge in [0.1, 0.15) is 0 Å². The molecule has 0 aliphatic carbocycles. The highest BCUT2D eigenvalue weighted by Gasteiger charge is 2.25. The Balaban J connectivity index is 2.98. The summed E-state index contributed by atoms with van der Waals surface area (Å²) in [4.78, 5) is 6.35.